The molecule has 2 heterocycles. The molecule has 4 rings (SSSR count). The van der Waals surface area contributed by atoms with Gasteiger partial charge in [0.05, 0.1) is 28.3 Å². The number of hydrogen-bond donors (Lipinski definition) is 2. The summed E-state index contributed by atoms with van der Waals surface area (Å²) < 4.78 is 0. The highest BCUT2D eigenvalue weighted by Gasteiger charge is 2.13. The van der Waals surface area contributed by atoms with Gasteiger partial charge in [0.2, 0.25) is 0 Å². The molecule has 106 valence electrons. The summed E-state index contributed by atoms with van der Waals surface area (Å²) in [6, 6.07) is 12.9. The minimum Gasteiger partial charge on any atom is -0.366 e. The second-order valence-electron chi connectivity index (χ2n) is 4.90. The summed E-state index contributed by atoms with van der Waals surface area (Å²) in [7, 11) is 0. The molecule has 0 unspecified atom stereocenters. The highest BCUT2D eigenvalue weighted by molar-refractivity contribution is 6.04. The van der Waals surface area contributed by atoms with Crippen LogP contribution in [0, 0.1) is 0 Å². The third kappa shape index (κ3) is 1.89. The van der Waals surface area contributed by atoms with Crippen LogP contribution in [0.5, 0.6) is 0 Å². The Morgan fingerprint density at radius 2 is 1.82 bits per heavy atom. The molecule has 0 bridgehead atoms. The average molecular weight is 289 g/mol. The van der Waals surface area contributed by atoms with Crippen LogP contribution in [0.3, 0.4) is 0 Å². The molecule has 0 atom stereocenters. The zero-order valence-corrected chi connectivity index (χ0v) is 11.4. The molecular formula is C16H11N5O. The van der Waals surface area contributed by atoms with Gasteiger partial charge in [-0.3, -0.25) is 9.78 Å². The minimum atomic E-state index is -0.506. The van der Waals surface area contributed by atoms with Gasteiger partial charge in [-0.25, -0.2) is 9.97 Å². The van der Waals surface area contributed by atoms with Crippen molar-refractivity contribution in [3.63, 3.8) is 0 Å². The van der Waals surface area contributed by atoms with Crippen LogP contribution in [0.15, 0.2) is 48.7 Å². The number of nitrogens with two attached hydrogens (primary N) is 1. The number of amides is 1. The maximum absolute atomic E-state index is 11.5. The van der Waals surface area contributed by atoms with E-state index >= 15 is 0 Å². The van der Waals surface area contributed by atoms with Gasteiger partial charge < -0.3 is 10.7 Å². The molecule has 0 fully saturated rings. The van der Waals surface area contributed by atoms with E-state index in [4.69, 9.17) is 5.73 Å². The lowest BCUT2D eigenvalue weighted by molar-refractivity contribution is 0.100. The van der Waals surface area contributed by atoms with Crippen molar-refractivity contribution in [2.24, 2.45) is 5.73 Å². The Balaban J connectivity index is 1.92. The normalized spacial score (nSPS) is 11.1. The van der Waals surface area contributed by atoms with E-state index in [1.807, 2.05) is 30.3 Å². The number of H-pyrrole nitrogens is 1. The number of nitrogens with zero attached hydrogens (tertiary/aromatic N) is 3. The highest BCUT2D eigenvalue weighted by Crippen LogP contribution is 2.22. The van der Waals surface area contributed by atoms with Crippen LogP contribution in [0.25, 0.3) is 33.6 Å². The van der Waals surface area contributed by atoms with Crippen LogP contribution in [0.4, 0.5) is 0 Å². The van der Waals surface area contributed by atoms with Crippen molar-refractivity contribution in [2.45, 2.75) is 0 Å². The number of nitrogens with one attached hydrogen (secondary N) is 1. The Kier molecular flexibility index (Phi) is 2.62. The fraction of sp³-hybridized carbons (Fsp3) is 0. The molecule has 0 saturated heterocycles. The second-order valence-corrected chi connectivity index (χ2v) is 4.90. The lowest BCUT2D eigenvalue weighted by Crippen LogP contribution is -2.11. The highest BCUT2D eigenvalue weighted by atomic mass is 16.1. The van der Waals surface area contributed by atoms with Gasteiger partial charge in [0.15, 0.2) is 5.82 Å². The predicted octanol–water partition coefficient (Wildman–Crippen LogP) is 2.27. The fourth-order valence-corrected chi connectivity index (χ4v) is 2.42. The second kappa shape index (κ2) is 4.63. The van der Waals surface area contributed by atoms with Gasteiger partial charge >= 0.3 is 0 Å². The molecule has 4 aromatic rings. The third-order valence-electron chi connectivity index (χ3n) is 3.47. The van der Waals surface area contributed by atoms with E-state index in [9.17, 15) is 4.79 Å². The van der Waals surface area contributed by atoms with Gasteiger partial charge in [-0.05, 0) is 24.3 Å². The van der Waals surface area contributed by atoms with Crippen LogP contribution in [0.1, 0.15) is 10.4 Å². The van der Waals surface area contributed by atoms with Crippen molar-refractivity contribution in [2.75, 3.05) is 0 Å². The Morgan fingerprint density at radius 1 is 1.00 bits per heavy atom. The average Bonchev–Trinajstić information content (AvgIpc) is 2.98. The van der Waals surface area contributed by atoms with E-state index in [1.54, 1.807) is 18.3 Å². The van der Waals surface area contributed by atoms with Crippen LogP contribution in [0.2, 0.25) is 0 Å². The molecule has 0 aliphatic rings. The molecule has 2 aromatic carbocycles. The van der Waals surface area contributed by atoms with E-state index < -0.39 is 5.91 Å². The molecule has 0 radical (unpaired) electrons. The molecular weight excluding hydrogens is 278 g/mol. The molecule has 1 amide bonds. The topological polar surface area (TPSA) is 97.6 Å². The number of carbonyl (C=O) groups excluding carboxylic acids is 1. The van der Waals surface area contributed by atoms with E-state index in [0.717, 1.165) is 16.6 Å². The standard InChI is InChI=1S/C16H11N5O/c17-15(22)9-4-3-7-12-14(9)21-16(20-12)13-8-18-10-5-1-2-6-11(10)19-13/h1-8H,(H2,17,22)(H,20,21). The number of benzene rings is 2. The smallest absolute Gasteiger partial charge is 0.250 e. The Bertz CT molecular complexity index is 1020. The lowest BCUT2D eigenvalue weighted by atomic mass is 10.2. The number of aromatic amines is 1. The largest absolute Gasteiger partial charge is 0.366 e. The van der Waals surface area contributed by atoms with Crippen LogP contribution < -0.4 is 5.73 Å². The molecule has 22 heavy (non-hydrogen) atoms. The van der Waals surface area contributed by atoms with Crippen molar-refractivity contribution in [3.8, 4) is 11.5 Å². The van der Waals surface area contributed by atoms with E-state index in [-0.39, 0.29) is 0 Å². The number of aromatic nitrogens is 4. The Morgan fingerprint density at radius 3 is 2.64 bits per heavy atom. The van der Waals surface area contributed by atoms with E-state index in [2.05, 4.69) is 19.9 Å². The van der Waals surface area contributed by atoms with Crippen LogP contribution in [-0.2, 0) is 0 Å². The summed E-state index contributed by atoms with van der Waals surface area (Å²) in [5.74, 6) is 0.0511. The summed E-state index contributed by atoms with van der Waals surface area (Å²) in [6.07, 6.45) is 1.66. The summed E-state index contributed by atoms with van der Waals surface area (Å²) in [5, 5.41) is 0. The molecule has 0 saturated carbocycles. The molecule has 6 heteroatoms. The summed E-state index contributed by atoms with van der Waals surface area (Å²) >= 11 is 0. The van der Waals surface area contributed by atoms with Crippen molar-refractivity contribution in [3.05, 3.63) is 54.2 Å². The Labute approximate surface area is 125 Å². The van der Waals surface area contributed by atoms with Gasteiger partial charge in [0, 0.05) is 0 Å². The quantitative estimate of drug-likeness (QED) is 0.591. The van der Waals surface area contributed by atoms with Gasteiger partial charge in [-0.1, -0.05) is 18.2 Å². The predicted molar refractivity (Wildman–Crippen MR) is 83.1 cm³/mol. The van der Waals surface area contributed by atoms with Gasteiger partial charge in [-0.15, -0.1) is 0 Å². The van der Waals surface area contributed by atoms with Gasteiger partial charge in [-0.2, -0.15) is 0 Å². The SMILES string of the molecule is NC(=O)c1cccc2[nH]c(-c3cnc4ccccc4n3)nc12. The van der Waals surface area contributed by atoms with Crippen LogP contribution >= 0.6 is 0 Å². The monoisotopic (exact) mass is 289 g/mol. The van der Waals surface area contributed by atoms with Crippen molar-refractivity contribution in [1.82, 2.24) is 19.9 Å². The number of hydrogen-bond acceptors (Lipinski definition) is 4. The zero-order valence-electron chi connectivity index (χ0n) is 11.4. The number of primary amides is 1. The molecule has 0 aliphatic carbocycles. The third-order valence-corrected chi connectivity index (χ3v) is 3.47. The number of fused-ring (bicyclic) bond motifs is 2. The molecule has 3 N–H and O–H groups in total. The van der Waals surface area contributed by atoms with E-state index in [1.165, 1.54) is 0 Å². The number of carbonyl (C=O) groups is 1. The molecule has 2 aromatic heterocycles. The first-order valence-electron chi connectivity index (χ1n) is 6.73. The fourth-order valence-electron chi connectivity index (χ4n) is 2.42. The molecule has 0 spiro atoms. The number of para-hydroxylation sites is 3. The van der Waals surface area contributed by atoms with Crippen LogP contribution in [-0.4, -0.2) is 25.8 Å². The minimum absolute atomic E-state index is 0.383. The maximum atomic E-state index is 11.5. The van der Waals surface area contributed by atoms with Gasteiger partial charge in [0.1, 0.15) is 11.2 Å². The summed E-state index contributed by atoms with van der Waals surface area (Å²) in [4.78, 5) is 28.0. The Hall–Kier alpha value is -3.28. The lowest BCUT2D eigenvalue weighted by Gasteiger charge is -1.98. The first kappa shape index (κ1) is 12.5. The molecule has 6 nitrogen and oxygen atoms in total. The van der Waals surface area contributed by atoms with E-state index in [0.29, 0.717) is 22.6 Å². The van der Waals surface area contributed by atoms with Gasteiger partial charge in [0.25, 0.3) is 5.91 Å². The number of imidazole rings is 1. The van der Waals surface area contributed by atoms with Crippen molar-refractivity contribution < 1.29 is 4.79 Å². The summed E-state index contributed by atoms with van der Waals surface area (Å²) in [6.45, 7) is 0. The van der Waals surface area contributed by atoms with Crippen molar-refractivity contribution >= 4 is 28.0 Å². The zero-order chi connectivity index (χ0) is 15.1. The van der Waals surface area contributed by atoms with Crippen molar-refractivity contribution in [1.29, 1.82) is 0 Å². The maximum Gasteiger partial charge on any atom is 0.250 e. The summed E-state index contributed by atoms with van der Waals surface area (Å²) in [5.41, 5.74) is 9.27. The first-order valence-corrected chi connectivity index (χ1v) is 6.73. The molecule has 0 aliphatic heterocycles. The number of rotatable bonds is 2. The first-order chi connectivity index (χ1) is 10.7.